The Morgan fingerprint density at radius 2 is 2.06 bits per heavy atom. The zero-order valence-electron chi connectivity index (χ0n) is 10.9. The third kappa shape index (κ3) is 6.07. The lowest BCUT2D eigenvalue weighted by Gasteiger charge is -2.12. The molecule has 3 nitrogen and oxygen atoms in total. The summed E-state index contributed by atoms with van der Waals surface area (Å²) in [4.78, 5) is 11.7. The molecule has 0 aliphatic carbocycles. The minimum atomic E-state index is -0.451. The molecule has 1 aromatic carbocycles. The van der Waals surface area contributed by atoms with Crippen molar-refractivity contribution in [1.29, 1.82) is 0 Å². The molecule has 1 atom stereocenters. The Balaban J connectivity index is 2.21. The van der Waals surface area contributed by atoms with Gasteiger partial charge in [0.05, 0.1) is 6.04 Å². The molecular weight excluding hydrogens is 244 g/mol. The first-order valence-corrected chi connectivity index (χ1v) is 7.69. The fraction of sp³-hybridized carbons (Fsp3) is 0.500. The van der Waals surface area contributed by atoms with Crippen LogP contribution in [0, 0.1) is 0 Å². The Morgan fingerprint density at radius 3 is 2.72 bits per heavy atom. The highest BCUT2D eigenvalue weighted by Crippen LogP contribution is 2.02. The second kappa shape index (κ2) is 9.00. The molecule has 0 aliphatic heterocycles. The van der Waals surface area contributed by atoms with Crippen LogP contribution in [0.1, 0.15) is 18.4 Å². The van der Waals surface area contributed by atoms with Crippen LogP contribution in [0.3, 0.4) is 0 Å². The van der Waals surface area contributed by atoms with Crippen molar-refractivity contribution < 1.29 is 4.79 Å². The lowest BCUT2D eigenvalue weighted by Crippen LogP contribution is -2.42. The fourth-order valence-corrected chi connectivity index (χ4v) is 2.17. The zero-order chi connectivity index (χ0) is 13.2. The lowest BCUT2D eigenvalue weighted by molar-refractivity contribution is -0.122. The number of nitrogens with two attached hydrogens (primary N) is 1. The molecule has 0 aliphatic rings. The van der Waals surface area contributed by atoms with Gasteiger partial charge in [-0.2, -0.15) is 11.8 Å². The zero-order valence-corrected chi connectivity index (χ0v) is 11.7. The molecule has 1 rings (SSSR count). The van der Waals surface area contributed by atoms with E-state index in [-0.39, 0.29) is 5.91 Å². The van der Waals surface area contributed by atoms with Gasteiger partial charge in [0.2, 0.25) is 5.91 Å². The van der Waals surface area contributed by atoms with Crippen LogP contribution in [0.2, 0.25) is 0 Å². The van der Waals surface area contributed by atoms with Gasteiger partial charge >= 0.3 is 0 Å². The molecule has 3 N–H and O–H groups in total. The van der Waals surface area contributed by atoms with Gasteiger partial charge in [0, 0.05) is 6.54 Å². The van der Waals surface area contributed by atoms with Crippen molar-refractivity contribution in [3.63, 3.8) is 0 Å². The molecule has 18 heavy (non-hydrogen) atoms. The molecule has 0 aromatic heterocycles. The maximum atomic E-state index is 11.7. The highest BCUT2D eigenvalue weighted by molar-refractivity contribution is 7.98. The summed E-state index contributed by atoms with van der Waals surface area (Å²) >= 11 is 1.83. The van der Waals surface area contributed by atoms with E-state index in [9.17, 15) is 4.79 Å². The number of hydrogen-bond acceptors (Lipinski definition) is 3. The molecule has 1 aromatic rings. The number of thioether (sulfide) groups is 1. The Labute approximate surface area is 114 Å². The van der Waals surface area contributed by atoms with Gasteiger partial charge in [-0.15, -0.1) is 0 Å². The quantitative estimate of drug-likeness (QED) is 0.706. The summed E-state index contributed by atoms with van der Waals surface area (Å²) in [5.74, 6) is 1.09. The molecule has 0 heterocycles. The van der Waals surface area contributed by atoms with Crippen LogP contribution < -0.4 is 11.1 Å². The predicted octanol–water partition coefficient (Wildman–Crippen LogP) is 1.82. The average molecular weight is 266 g/mol. The average Bonchev–Trinajstić information content (AvgIpc) is 2.39. The molecular formula is C14H22N2OS. The van der Waals surface area contributed by atoms with E-state index >= 15 is 0 Å². The van der Waals surface area contributed by atoms with Crippen molar-refractivity contribution >= 4 is 17.7 Å². The predicted molar refractivity (Wildman–Crippen MR) is 78.7 cm³/mol. The Morgan fingerprint density at radius 1 is 1.33 bits per heavy atom. The number of carbonyl (C=O) groups excluding carboxylic acids is 1. The minimum Gasteiger partial charge on any atom is -0.355 e. The van der Waals surface area contributed by atoms with Gasteiger partial charge in [-0.3, -0.25) is 4.79 Å². The molecule has 0 saturated heterocycles. The number of unbranched alkanes of at least 4 members (excludes halogenated alkanes) is 1. The van der Waals surface area contributed by atoms with E-state index in [1.165, 1.54) is 0 Å². The Hall–Kier alpha value is -1.00. The largest absolute Gasteiger partial charge is 0.355 e. The van der Waals surface area contributed by atoms with Crippen LogP contribution in [0.5, 0.6) is 0 Å². The van der Waals surface area contributed by atoms with Crippen LogP contribution >= 0.6 is 11.8 Å². The minimum absolute atomic E-state index is 0.0528. The molecule has 1 amide bonds. The molecule has 0 spiro atoms. The van der Waals surface area contributed by atoms with Gasteiger partial charge in [-0.05, 0) is 36.8 Å². The molecule has 0 saturated carbocycles. The van der Waals surface area contributed by atoms with E-state index in [0.29, 0.717) is 6.42 Å². The van der Waals surface area contributed by atoms with Crippen LogP contribution in [-0.2, 0) is 11.2 Å². The van der Waals surface area contributed by atoms with Crippen LogP contribution in [0.4, 0.5) is 0 Å². The highest BCUT2D eigenvalue weighted by atomic mass is 32.2. The van der Waals surface area contributed by atoms with Crippen molar-refractivity contribution in [3.8, 4) is 0 Å². The first kappa shape index (κ1) is 15.1. The third-order valence-electron chi connectivity index (χ3n) is 2.71. The molecule has 100 valence electrons. The normalized spacial score (nSPS) is 12.1. The van der Waals surface area contributed by atoms with Crippen LogP contribution in [0.25, 0.3) is 0 Å². The summed E-state index contributed by atoms with van der Waals surface area (Å²) in [5, 5.41) is 2.89. The molecule has 0 fully saturated rings. The number of benzene rings is 1. The first-order chi connectivity index (χ1) is 8.74. The number of nitrogens with one attached hydrogen (secondary N) is 1. The van der Waals surface area contributed by atoms with Gasteiger partial charge < -0.3 is 11.1 Å². The molecule has 4 heteroatoms. The van der Waals surface area contributed by atoms with Crippen LogP contribution in [-0.4, -0.2) is 30.5 Å². The van der Waals surface area contributed by atoms with Crippen molar-refractivity contribution in [2.24, 2.45) is 5.73 Å². The van der Waals surface area contributed by atoms with Gasteiger partial charge in [0.25, 0.3) is 0 Å². The van der Waals surface area contributed by atoms with E-state index in [0.717, 1.165) is 30.7 Å². The highest BCUT2D eigenvalue weighted by Gasteiger charge is 2.12. The number of carbonyl (C=O) groups is 1. The second-order valence-electron chi connectivity index (χ2n) is 4.29. The Kier molecular flexibility index (Phi) is 7.53. The summed E-state index contributed by atoms with van der Waals surface area (Å²) in [6.07, 6.45) is 4.84. The maximum Gasteiger partial charge on any atom is 0.237 e. The molecule has 0 unspecified atom stereocenters. The van der Waals surface area contributed by atoms with Crippen molar-refractivity contribution in [2.45, 2.75) is 25.3 Å². The van der Waals surface area contributed by atoms with Crippen LogP contribution in [0.15, 0.2) is 30.3 Å². The SMILES string of the molecule is CSCCCCNC(=O)[C@H](N)Cc1ccccc1. The first-order valence-electron chi connectivity index (χ1n) is 6.30. The summed E-state index contributed by atoms with van der Waals surface area (Å²) in [5.41, 5.74) is 6.97. The van der Waals surface area contributed by atoms with E-state index in [4.69, 9.17) is 5.73 Å². The monoisotopic (exact) mass is 266 g/mol. The van der Waals surface area contributed by atoms with Gasteiger partial charge in [0.15, 0.2) is 0 Å². The topological polar surface area (TPSA) is 55.1 Å². The summed E-state index contributed by atoms with van der Waals surface area (Å²) in [6.45, 7) is 0.724. The molecule has 0 radical (unpaired) electrons. The smallest absolute Gasteiger partial charge is 0.237 e. The van der Waals surface area contributed by atoms with E-state index in [1.807, 2.05) is 42.1 Å². The maximum absolute atomic E-state index is 11.7. The van der Waals surface area contributed by atoms with Gasteiger partial charge in [-0.25, -0.2) is 0 Å². The second-order valence-corrected chi connectivity index (χ2v) is 5.27. The van der Waals surface area contributed by atoms with E-state index in [2.05, 4.69) is 11.6 Å². The van der Waals surface area contributed by atoms with Crippen molar-refractivity contribution in [1.82, 2.24) is 5.32 Å². The third-order valence-corrected chi connectivity index (χ3v) is 3.41. The fourth-order valence-electron chi connectivity index (χ4n) is 1.67. The Bertz CT molecular complexity index is 343. The summed E-state index contributed by atoms with van der Waals surface area (Å²) in [6, 6.07) is 9.41. The van der Waals surface area contributed by atoms with Crippen molar-refractivity contribution in [2.75, 3.05) is 18.6 Å². The number of amides is 1. The lowest BCUT2D eigenvalue weighted by atomic mass is 10.1. The van der Waals surface area contributed by atoms with Crippen molar-refractivity contribution in [3.05, 3.63) is 35.9 Å². The van der Waals surface area contributed by atoms with Gasteiger partial charge in [0.1, 0.15) is 0 Å². The van der Waals surface area contributed by atoms with E-state index in [1.54, 1.807) is 0 Å². The van der Waals surface area contributed by atoms with Gasteiger partial charge in [-0.1, -0.05) is 30.3 Å². The summed E-state index contributed by atoms with van der Waals surface area (Å²) < 4.78 is 0. The standard InChI is InChI=1S/C14H22N2OS/c1-18-10-6-5-9-16-14(17)13(15)11-12-7-3-2-4-8-12/h2-4,7-8,13H,5-6,9-11,15H2,1H3,(H,16,17)/t13-/m1/s1. The summed E-state index contributed by atoms with van der Waals surface area (Å²) in [7, 11) is 0. The molecule has 0 bridgehead atoms. The number of rotatable bonds is 8. The van der Waals surface area contributed by atoms with E-state index < -0.39 is 6.04 Å². The number of hydrogen-bond donors (Lipinski definition) is 2.